The third kappa shape index (κ3) is 3.16. The molecule has 0 saturated heterocycles. The number of hydrogen-bond donors (Lipinski definition) is 0. The lowest BCUT2D eigenvalue weighted by molar-refractivity contribution is -0.145. The van der Waals surface area contributed by atoms with Crippen molar-refractivity contribution in [3.63, 3.8) is 0 Å². The van der Waals surface area contributed by atoms with Crippen LogP contribution in [0.2, 0.25) is 0 Å². The number of fused-ring (bicyclic) bond motifs is 3. The standard InChI is InChI=1S/C14H12BrF3N4S/c1-2-3-6-23-12-11-20-21-13(14(16,17)18)22(11)10-7-8(15)4-5-9(10)19-12/h4-5,7H,2-3,6H2,1H3. The van der Waals surface area contributed by atoms with Gasteiger partial charge in [0.25, 0.3) is 0 Å². The molecule has 0 unspecified atom stereocenters. The van der Waals surface area contributed by atoms with Gasteiger partial charge in [0.1, 0.15) is 5.03 Å². The highest BCUT2D eigenvalue weighted by Gasteiger charge is 2.38. The lowest BCUT2D eigenvalue weighted by Crippen LogP contribution is -2.11. The monoisotopic (exact) mass is 404 g/mol. The molecule has 0 amide bonds. The first-order valence-corrected chi connectivity index (χ1v) is 8.74. The van der Waals surface area contributed by atoms with Crippen LogP contribution in [0.15, 0.2) is 27.7 Å². The van der Waals surface area contributed by atoms with Crippen LogP contribution in [-0.4, -0.2) is 25.3 Å². The van der Waals surface area contributed by atoms with Gasteiger partial charge in [0, 0.05) is 4.47 Å². The molecule has 1 aromatic carbocycles. The summed E-state index contributed by atoms with van der Waals surface area (Å²) in [7, 11) is 0. The topological polar surface area (TPSA) is 43.1 Å². The van der Waals surface area contributed by atoms with E-state index in [9.17, 15) is 13.2 Å². The maximum atomic E-state index is 13.3. The van der Waals surface area contributed by atoms with Crippen molar-refractivity contribution in [3.05, 3.63) is 28.5 Å². The van der Waals surface area contributed by atoms with E-state index in [2.05, 4.69) is 38.0 Å². The summed E-state index contributed by atoms with van der Waals surface area (Å²) in [6.45, 7) is 2.06. The quantitative estimate of drug-likeness (QED) is 0.455. The molecule has 0 bridgehead atoms. The van der Waals surface area contributed by atoms with Crippen molar-refractivity contribution in [2.45, 2.75) is 31.0 Å². The van der Waals surface area contributed by atoms with Crippen molar-refractivity contribution in [2.24, 2.45) is 0 Å². The predicted molar refractivity (Wildman–Crippen MR) is 86.6 cm³/mol. The summed E-state index contributed by atoms with van der Waals surface area (Å²) < 4.78 is 41.5. The summed E-state index contributed by atoms with van der Waals surface area (Å²) in [6, 6.07) is 5.02. The number of benzene rings is 1. The number of unbranched alkanes of at least 4 members (excludes halogenated alkanes) is 1. The highest BCUT2D eigenvalue weighted by Crippen LogP contribution is 2.33. The van der Waals surface area contributed by atoms with E-state index in [-0.39, 0.29) is 5.65 Å². The van der Waals surface area contributed by atoms with Crippen LogP contribution in [0, 0.1) is 0 Å². The molecule has 23 heavy (non-hydrogen) atoms. The summed E-state index contributed by atoms with van der Waals surface area (Å²) in [6.07, 6.45) is -2.62. The average molecular weight is 405 g/mol. The van der Waals surface area contributed by atoms with E-state index in [0.29, 0.717) is 20.5 Å². The Balaban J connectivity index is 2.29. The Bertz CT molecular complexity index is 862. The molecule has 4 nitrogen and oxygen atoms in total. The minimum atomic E-state index is -4.58. The Labute approximate surface area is 142 Å². The van der Waals surface area contributed by atoms with Gasteiger partial charge in [-0.15, -0.1) is 22.0 Å². The minimum absolute atomic E-state index is 0.143. The van der Waals surface area contributed by atoms with Gasteiger partial charge in [-0.1, -0.05) is 29.3 Å². The zero-order chi connectivity index (χ0) is 16.6. The smallest absolute Gasteiger partial charge is 0.267 e. The maximum Gasteiger partial charge on any atom is 0.452 e. The van der Waals surface area contributed by atoms with Crippen LogP contribution in [0.25, 0.3) is 16.7 Å². The highest BCUT2D eigenvalue weighted by molar-refractivity contribution is 9.10. The lowest BCUT2D eigenvalue weighted by atomic mass is 10.3. The van der Waals surface area contributed by atoms with Crippen molar-refractivity contribution < 1.29 is 13.2 Å². The van der Waals surface area contributed by atoms with Crippen molar-refractivity contribution in [3.8, 4) is 0 Å². The first-order valence-electron chi connectivity index (χ1n) is 6.96. The van der Waals surface area contributed by atoms with E-state index < -0.39 is 12.0 Å². The largest absolute Gasteiger partial charge is 0.452 e. The zero-order valence-corrected chi connectivity index (χ0v) is 14.5. The Morgan fingerprint density at radius 1 is 1.26 bits per heavy atom. The normalized spacial score (nSPS) is 12.4. The zero-order valence-electron chi connectivity index (χ0n) is 12.1. The van der Waals surface area contributed by atoms with Gasteiger partial charge in [-0.3, -0.25) is 4.40 Å². The Kier molecular flexibility index (Phi) is 4.50. The minimum Gasteiger partial charge on any atom is -0.267 e. The van der Waals surface area contributed by atoms with Gasteiger partial charge in [0.05, 0.1) is 11.0 Å². The van der Waals surface area contributed by atoms with E-state index >= 15 is 0 Å². The summed E-state index contributed by atoms with van der Waals surface area (Å²) in [5.74, 6) is -0.259. The molecule has 0 aliphatic rings. The van der Waals surface area contributed by atoms with Gasteiger partial charge >= 0.3 is 6.18 Å². The highest BCUT2D eigenvalue weighted by atomic mass is 79.9. The van der Waals surface area contributed by atoms with Crippen LogP contribution in [0.4, 0.5) is 13.2 Å². The number of thioether (sulfide) groups is 1. The number of hydrogen-bond acceptors (Lipinski definition) is 4. The van der Waals surface area contributed by atoms with E-state index in [1.165, 1.54) is 11.8 Å². The second-order valence-electron chi connectivity index (χ2n) is 4.93. The van der Waals surface area contributed by atoms with Crippen LogP contribution in [-0.2, 0) is 6.18 Å². The van der Waals surface area contributed by atoms with Gasteiger partial charge in [-0.25, -0.2) is 4.98 Å². The number of rotatable bonds is 4. The van der Waals surface area contributed by atoms with Crippen LogP contribution in [0.1, 0.15) is 25.6 Å². The molecule has 122 valence electrons. The van der Waals surface area contributed by atoms with Crippen molar-refractivity contribution in [1.29, 1.82) is 0 Å². The van der Waals surface area contributed by atoms with Gasteiger partial charge in [0.2, 0.25) is 5.82 Å². The van der Waals surface area contributed by atoms with Crippen LogP contribution in [0.5, 0.6) is 0 Å². The summed E-state index contributed by atoms with van der Waals surface area (Å²) in [5, 5.41) is 7.56. The fraction of sp³-hybridized carbons (Fsp3) is 0.357. The SMILES string of the molecule is CCCCSc1nc2ccc(Br)cc2n2c(C(F)(F)F)nnc12. The molecule has 2 heterocycles. The molecule has 0 spiro atoms. The summed E-state index contributed by atoms with van der Waals surface area (Å²) in [4.78, 5) is 4.46. The number of aromatic nitrogens is 4. The molecule has 2 aromatic heterocycles. The number of halogens is 4. The molecule has 3 aromatic rings. The Morgan fingerprint density at radius 3 is 2.74 bits per heavy atom. The van der Waals surface area contributed by atoms with Crippen molar-refractivity contribution in [2.75, 3.05) is 5.75 Å². The number of alkyl halides is 3. The molecule has 0 fully saturated rings. The second-order valence-corrected chi connectivity index (χ2v) is 6.93. The molecule has 9 heteroatoms. The summed E-state index contributed by atoms with van der Waals surface area (Å²) >= 11 is 4.69. The van der Waals surface area contributed by atoms with Crippen LogP contribution in [0.3, 0.4) is 0 Å². The average Bonchev–Trinajstić information content (AvgIpc) is 2.93. The predicted octanol–water partition coefficient (Wildman–Crippen LogP) is 4.95. The molecule has 0 radical (unpaired) electrons. The molecule has 0 atom stereocenters. The van der Waals surface area contributed by atoms with Crippen LogP contribution < -0.4 is 0 Å². The fourth-order valence-corrected chi connectivity index (χ4v) is 3.57. The molecule has 0 aliphatic carbocycles. The van der Waals surface area contributed by atoms with E-state index in [0.717, 1.165) is 23.0 Å². The van der Waals surface area contributed by atoms with Crippen molar-refractivity contribution in [1.82, 2.24) is 19.6 Å². The molecular formula is C14H12BrF3N4S. The Hall–Kier alpha value is -1.35. The van der Waals surface area contributed by atoms with Gasteiger partial charge in [0.15, 0.2) is 5.65 Å². The molecular weight excluding hydrogens is 393 g/mol. The number of nitrogens with zero attached hydrogens (tertiary/aromatic N) is 4. The van der Waals surface area contributed by atoms with E-state index in [1.54, 1.807) is 18.2 Å². The third-order valence-corrected chi connectivity index (χ3v) is 4.78. The molecule has 0 N–H and O–H groups in total. The van der Waals surface area contributed by atoms with Gasteiger partial charge < -0.3 is 0 Å². The fourth-order valence-electron chi connectivity index (χ4n) is 2.17. The first kappa shape index (κ1) is 16.5. The van der Waals surface area contributed by atoms with Crippen molar-refractivity contribution >= 4 is 44.4 Å². The molecule has 3 rings (SSSR count). The van der Waals surface area contributed by atoms with Crippen LogP contribution >= 0.6 is 27.7 Å². The first-order chi connectivity index (χ1) is 10.9. The third-order valence-electron chi connectivity index (χ3n) is 3.24. The lowest BCUT2D eigenvalue weighted by Gasteiger charge is -2.10. The van der Waals surface area contributed by atoms with Gasteiger partial charge in [-0.05, 0) is 30.4 Å². The molecule has 0 saturated carbocycles. The Morgan fingerprint density at radius 2 is 2.04 bits per heavy atom. The second kappa shape index (κ2) is 6.27. The van der Waals surface area contributed by atoms with E-state index in [1.807, 2.05) is 0 Å². The summed E-state index contributed by atoms with van der Waals surface area (Å²) in [5.41, 5.74) is 0.945. The van der Waals surface area contributed by atoms with Gasteiger partial charge in [-0.2, -0.15) is 13.2 Å². The maximum absolute atomic E-state index is 13.3. The van der Waals surface area contributed by atoms with E-state index in [4.69, 9.17) is 0 Å². The molecule has 0 aliphatic heterocycles.